The first-order valence-electron chi connectivity index (χ1n) is 8.17. The molecule has 1 aliphatic heterocycles. The molecule has 3 aromatic carbocycles. The van der Waals surface area contributed by atoms with Crippen LogP contribution in [0.15, 0.2) is 78.6 Å². The highest BCUT2D eigenvalue weighted by molar-refractivity contribution is 8.08. The maximum absolute atomic E-state index is 12.8. The Morgan fingerprint density at radius 1 is 0.920 bits per heavy atom. The second-order valence-corrected chi connectivity index (χ2v) is 6.84. The molecule has 0 radical (unpaired) electrons. The fourth-order valence-corrected chi connectivity index (χ4v) is 3.80. The van der Waals surface area contributed by atoms with Crippen molar-refractivity contribution in [3.63, 3.8) is 0 Å². The van der Waals surface area contributed by atoms with Crippen LogP contribution in [0.3, 0.4) is 0 Å². The molecule has 0 atom stereocenters. The van der Waals surface area contributed by atoms with Crippen LogP contribution in [0.25, 0.3) is 15.7 Å². The first-order chi connectivity index (χ1) is 12.3. The van der Waals surface area contributed by atoms with Gasteiger partial charge < -0.3 is 10.1 Å². The SMILES string of the molecule is O=C(Nc1ccc2ccccc2c1)C1=C(c2ccccc2)SCCO1. The number of rotatable bonds is 3. The number of carbonyl (C=O) groups is 1. The highest BCUT2D eigenvalue weighted by Gasteiger charge is 2.23. The van der Waals surface area contributed by atoms with E-state index in [2.05, 4.69) is 11.4 Å². The van der Waals surface area contributed by atoms with Crippen LogP contribution in [-0.4, -0.2) is 18.3 Å². The molecule has 3 aromatic rings. The van der Waals surface area contributed by atoms with Gasteiger partial charge in [-0.05, 0) is 28.5 Å². The van der Waals surface area contributed by atoms with Crippen molar-refractivity contribution in [3.8, 4) is 0 Å². The summed E-state index contributed by atoms with van der Waals surface area (Å²) >= 11 is 1.66. The molecule has 0 unspecified atom stereocenters. The van der Waals surface area contributed by atoms with Gasteiger partial charge in [0.25, 0.3) is 5.91 Å². The van der Waals surface area contributed by atoms with Crippen LogP contribution in [0.5, 0.6) is 0 Å². The highest BCUT2D eigenvalue weighted by atomic mass is 32.2. The Kier molecular flexibility index (Phi) is 4.44. The summed E-state index contributed by atoms with van der Waals surface area (Å²) in [5.41, 5.74) is 1.78. The van der Waals surface area contributed by atoms with Crippen molar-refractivity contribution in [1.82, 2.24) is 0 Å². The van der Waals surface area contributed by atoms with Crippen LogP contribution in [0.1, 0.15) is 5.56 Å². The molecule has 0 fully saturated rings. The molecule has 0 spiro atoms. The number of amides is 1. The van der Waals surface area contributed by atoms with Gasteiger partial charge in [0.15, 0.2) is 5.76 Å². The van der Waals surface area contributed by atoms with Crippen LogP contribution < -0.4 is 5.32 Å². The van der Waals surface area contributed by atoms with E-state index in [4.69, 9.17) is 4.74 Å². The van der Waals surface area contributed by atoms with Crippen molar-refractivity contribution in [2.75, 3.05) is 17.7 Å². The topological polar surface area (TPSA) is 38.3 Å². The second-order valence-electron chi connectivity index (χ2n) is 5.74. The van der Waals surface area contributed by atoms with E-state index in [0.717, 1.165) is 32.7 Å². The predicted molar refractivity (Wildman–Crippen MR) is 104 cm³/mol. The zero-order valence-corrected chi connectivity index (χ0v) is 14.4. The first kappa shape index (κ1) is 15.8. The van der Waals surface area contributed by atoms with Crippen molar-refractivity contribution in [1.29, 1.82) is 0 Å². The van der Waals surface area contributed by atoms with Crippen LogP contribution in [-0.2, 0) is 9.53 Å². The first-order valence-corrected chi connectivity index (χ1v) is 9.15. The molecule has 4 rings (SSSR count). The third-order valence-electron chi connectivity index (χ3n) is 4.03. The molecule has 1 N–H and O–H groups in total. The van der Waals surface area contributed by atoms with Crippen LogP contribution >= 0.6 is 11.8 Å². The van der Waals surface area contributed by atoms with Crippen molar-refractivity contribution >= 4 is 39.0 Å². The van der Waals surface area contributed by atoms with Crippen molar-refractivity contribution in [2.45, 2.75) is 0 Å². The van der Waals surface area contributed by atoms with Crippen LogP contribution in [0.2, 0.25) is 0 Å². The molecular weight excluding hydrogens is 330 g/mol. The largest absolute Gasteiger partial charge is 0.486 e. The molecule has 1 aliphatic rings. The van der Waals surface area contributed by atoms with E-state index < -0.39 is 0 Å². The normalized spacial score (nSPS) is 14.2. The molecule has 0 aliphatic carbocycles. The average Bonchev–Trinajstić information content (AvgIpc) is 2.68. The summed E-state index contributed by atoms with van der Waals surface area (Å²) in [5.74, 6) is 1.04. The lowest BCUT2D eigenvalue weighted by Gasteiger charge is -2.20. The minimum absolute atomic E-state index is 0.207. The number of thioether (sulfide) groups is 1. The number of carbonyl (C=O) groups excluding carboxylic acids is 1. The van der Waals surface area contributed by atoms with E-state index in [1.54, 1.807) is 11.8 Å². The van der Waals surface area contributed by atoms with Crippen LogP contribution in [0.4, 0.5) is 5.69 Å². The molecule has 25 heavy (non-hydrogen) atoms. The Balaban J connectivity index is 1.64. The van der Waals surface area contributed by atoms with Gasteiger partial charge in [-0.1, -0.05) is 60.7 Å². The molecule has 4 heteroatoms. The molecule has 0 saturated carbocycles. The summed E-state index contributed by atoms with van der Waals surface area (Å²) in [6, 6.07) is 23.9. The van der Waals surface area contributed by atoms with Crippen LogP contribution in [0, 0.1) is 0 Å². The monoisotopic (exact) mass is 347 g/mol. The lowest BCUT2D eigenvalue weighted by atomic mass is 10.1. The predicted octanol–water partition coefficient (Wildman–Crippen LogP) is 4.91. The van der Waals surface area contributed by atoms with Gasteiger partial charge in [-0.2, -0.15) is 0 Å². The Morgan fingerprint density at radius 2 is 1.68 bits per heavy atom. The lowest BCUT2D eigenvalue weighted by Crippen LogP contribution is -2.21. The molecule has 0 bridgehead atoms. The molecule has 0 aromatic heterocycles. The van der Waals surface area contributed by atoms with Gasteiger partial charge in [0.2, 0.25) is 0 Å². The minimum Gasteiger partial charge on any atom is -0.486 e. The van der Waals surface area contributed by atoms with Crippen molar-refractivity contribution in [2.24, 2.45) is 0 Å². The summed E-state index contributed by atoms with van der Waals surface area (Å²) in [6.45, 7) is 0.543. The fourth-order valence-electron chi connectivity index (χ4n) is 2.85. The number of hydrogen-bond donors (Lipinski definition) is 1. The third kappa shape index (κ3) is 3.39. The number of anilines is 1. The number of benzene rings is 3. The van der Waals surface area contributed by atoms with E-state index in [-0.39, 0.29) is 5.91 Å². The zero-order chi connectivity index (χ0) is 17.1. The fraction of sp³-hybridized carbons (Fsp3) is 0.0952. The molecule has 1 amide bonds. The van der Waals surface area contributed by atoms with Gasteiger partial charge in [-0.3, -0.25) is 4.79 Å². The van der Waals surface area contributed by atoms with E-state index in [1.165, 1.54) is 0 Å². The quantitative estimate of drug-likeness (QED) is 0.731. The Bertz CT molecular complexity index is 950. The molecule has 1 heterocycles. The number of hydrogen-bond acceptors (Lipinski definition) is 3. The zero-order valence-electron chi connectivity index (χ0n) is 13.6. The highest BCUT2D eigenvalue weighted by Crippen LogP contribution is 2.35. The number of fused-ring (bicyclic) bond motifs is 1. The number of nitrogens with one attached hydrogen (secondary N) is 1. The summed E-state index contributed by atoms with van der Waals surface area (Å²) in [4.78, 5) is 13.7. The smallest absolute Gasteiger partial charge is 0.291 e. The lowest BCUT2D eigenvalue weighted by molar-refractivity contribution is -0.115. The van der Waals surface area contributed by atoms with E-state index in [1.807, 2.05) is 66.7 Å². The van der Waals surface area contributed by atoms with Gasteiger partial charge in [0.05, 0.1) is 11.5 Å². The summed E-state index contributed by atoms with van der Waals surface area (Å²) in [5, 5.41) is 5.21. The van der Waals surface area contributed by atoms with Crippen molar-refractivity contribution in [3.05, 3.63) is 84.1 Å². The second kappa shape index (κ2) is 7.03. The van der Waals surface area contributed by atoms with Gasteiger partial charge in [0, 0.05) is 11.4 Å². The Labute approximate surface area is 150 Å². The third-order valence-corrected chi connectivity index (χ3v) is 5.11. The average molecular weight is 347 g/mol. The van der Waals surface area contributed by atoms with Gasteiger partial charge >= 0.3 is 0 Å². The Morgan fingerprint density at radius 3 is 2.52 bits per heavy atom. The van der Waals surface area contributed by atoms with Gasteiger partial charge in [-0.25, -0.2) is 0 Å². The maximum Gasteiger partial charge on any atom is 0.291 e. The number of ether oxygens (including phenoxy) is 1. The van der Waals surface area contributed by atoms with Crippen molar-refractivity contribution < 1.29 is 9.53 Å². The summed E-state index contributed by atoms with van der Waals surface area (Å²) in [6.07, 6.45) is 0. The molecule has 0 saturated heterocycles. The maximum atomic E-state index is 12.8. The standard InChI is InChI=1S/C21H17NO2S/c23-21(22-18-11-10-15-6-4-5-9-17(15)14-18)19-20(25-13-12-24-19)16-7-2-1-3-8-16/h1-11,14H,12-13H2,(H,22,23). The minimum atomic E-state index is -0.207. The molecule has 3 nitrogen and oxygen atoms in total. The molecular formula is C21H17NO2S. The van der Waals surface area contributed by atoms with Gasteiger partial charge in [-0.15, -0.1) is 11.8 Å². The Hall–Kier alpha value is -2.72. The van der Waals surface area contributed by atoms with E-state index in [0.29, 0.717) is 12.4 Å². The van der Waals surface area contributed by atoms with E-state index >= 15 is 0 Å². The molecule has 124 valence electrons. The van der Waals surface area contributed by atoms with E-state index in [9.17, 15) is 4.79 Å². The summed E-state index contributed by atoms with van der Waals surface area (Å²) in [7, 11) is 0. The van der Waals surface area contributed by atoms with Gasteiger partial charge in [0.1, 0.15) is 0 Å². The summed E-state index contributed by atoms with van der Waals surface area (Å²) < 4.78 is 5.71.